The van der Waals surface area contributed by atoms with Crippen molar-refractivity contribution in [3.63, 3.8) is 0 Å². The van der Waals surface area contributed by atoms with Crippen LogP contribution in [-0.2, 0) is 9.53 Å². The van der Waals surface area contributed by atoms with Gasteiger partial charge in [-0.25, -0.2) is 0 Å². The third-order valence-corrected chi connectivity index (χ3v) is 3.52. The molecule has 3 nitrogen and oxygen atoms in total. The molecule has 0 spiro atoms. The van der Waals surface area contributed by atoms with E-state index in [1.807, 2.05) is 0 Å². The Morgan fingerprint density at radius 1 is 1.21 bits per heavy atom. The van der Waals surface area contributed by atoms with Gasteiger partial charge < -0.3 is 10.1 Å². The summed E-state index contributed by atoms with van der Waals surface area (Å²) in [7, 11) is 1.45. The van der Waals surface area contributed by atoms with E-state index in [0.717, 1.165) is 0 Å². The molecule has 1 aliphatic heterocycles. The quantitative estimate of drug-likeness (QED) is 0.651. The topological polar surface area (TPSA) is 38.3 Å². The molecule has 0 aromatic rings. The second-order valence-electron chi connectivity index (χ2n) is 5.36. The number of nitrogens with one attached hydrogen (secondary N) is 1. The Bertz CT molecular complexity index is 246. The van der Waals surface area contributed by atoms with Gasteiger partial charge in [0.05, 0.1) is 13.0 Å². The summed E-state index contributed by atoms with van der Waals surface area (Å²) in [5.41, 5.74) is -0.196. The van der Waals surface area contributed by atoms with Crippen molar-refractivity contribution in [3.05, 3.63) is 0 Å². The minimum absolute atomic E-state index is 0.0116. The van der Waals surface area contributed by atoms with Gasteiger partial charge in [0.15, 0.2) is 0 Å². The first-order chi connectivity index (χ1) is 6.22. The number of carbonyl (C=O) groups excluding carboxylic acids is 1. The highest BCUT2D eigenvalue weighted by Gasteiger charge is 2.53. The van der Waals surface area contributed by atoms with Gasteiger partial charge in [0.1, 0.15) is 0 Å². The molecule has 1 rings (SSSR count). The van der Waals surface area contributed by atoms with Gasteiger partial charge in [-0.3, -0.25) is 4.79 Å². The third-order valence-electron chi connectivity index (χ3n) is 3.52. The van der Waals surface area contributed by atoms with Crippen molar-refractivity contribution in [2.24, 2.45) is 11.8 Å². The average molecular weight is 199 g/mol. The van der Waals surface area contributed by atoms with E-state index in [0.29, 0.717) is 0 Å². The second kappa shape index (κ2) is 3.23. The molecule has 1 heterocycles. The van der Waals surface area contributed by atoms with Crippen LogP contribution in [0.15, 0.2) is 0 Å². The normalized spacial score (nSPS) is 34.1. The van der Waals surface area contributed by atoms with Crippen LogP contribution in [0.1, 0.15) is 34.6 Å². The van der Waals surface area contributed by atoms with Crippen molar-refractivity contribution < 1.29 is 9.53 Å². The molecule has 82 valence electrons. The molecule has 0 radical (unpaired) electrons. The van der Waals surface area contributed by atoms with Gasteiger partial charge in [0.2, 0.25) is 0 Å². The van der Waals surface area contributed by atoms with Crippen LogP contribution in [0.3, 0.4) is 0 Å². The number of hydrogen-bond donors (Lipinski definition) is 1. The summed E-state index contributed by atoms with van der Waals surface area (Å²) >= 11 is 0. The van der Waals surface area contributed by atoms with E-state index in [1.165, 1.54) is 7.11 Å². The minimum Gasteiger partial charge on any atom is -0.469 e. The average Bonchev–Trinajstić information content (AvgIpc) is 2.16. The van der Waals surface area contributed by atoms with Crippen molar-refractivity contribution >= 4 is 5.97 Å². The van der Waals surface area contributed by atoms with Gasteiger partial charge in [0, 0.05) is 11.1 Å². The molecule has 0 bridgehead atoms. The van der Waals surface area contributed by atoms with E-state index >= 15 is 0 Å². The third kappa shape index (κ3) is 1.65. The van der Waals surface area contributed by atoms with Crippen LogP contribution in [0.25, 0.3) is 0 Å². The Morgan fingerprint density at radius 2 is 1.71 bits per heavy atom. The smallest absolute Gasteiger partial charge is 0.310 e. The first-order valence-electron chi connectivity index (χ1n) is 5.09. The lowest BCUT2D eigenvalue weighted by Gasteiger charge is -2.26. The summed E-state index contributed by atoms with van der Waals surface area (Å²) in [6, 6.07) is 0. The Hall–Kier alpha value is -0.570. The molecule has 0 saturated carbocycles. The van der Waals surface area contributed by atoms with E-state index in [2.05, 4.69) is 39.9 Å². The van der Waals surface area contributed by atoms with Crippen LogP contribution in [0, 0.1) is 11.8 Å². The van der Waals surface area contributed by atoms with Crippen LogP contribution < -0.4 is 5.32 Å². The summed E-state index contributed by atoms with van der Waals surface area (Å²) in [4.78, 5) is 11.7. The van der Waals surface area contributed by atoms with Gasteiger partial charge in [-0.05, 0) is 33.6 Å². The molecule has 2 atom stereocenters. The minimum atomic E-state index is -0.185. The molecular formula is C11H21NO2. The Labute approximate surface area is 86.2 Å². The van der Waals surface area contributed by atoms with Gasteiger partial charge in [-0.15, -0.1) is 0 Å². The monoisotopic (exact) mass is 199 g/mol. The lowest BCUT2D eigenvalue weighted by Crippen LogP contribution is -2.46. The van der Waals surface area contributed by atoms with E-state index in [9.17, 15) is 4.79 Å². The summed E-state index contributed by atoms with van der Waals surface area (Å²) in [5, 5.41) is 3.48. The van der Waals surface area contributed by atoms with Crippen molar-refractivity contribution in [3.8, 4) is 0 Å². The Balaban J connectivity index is 2.99. The highest BCUT2D eigenvalue weighted by molar-refractivity contribution is 5.75. The van der Waals surface area contributed by atoms with Crippen LogP contribution in [0.2, 0.25) is 0 Å². The molecule has 1 saturated heterocycles. The number of methoxy groups -OCH3 is 1. The summed E-state index contributed by atoms with van der Waals surface area (Å²) in [6.45, 7) is 10.5. The van der Waals surface area contributed by atoms with Gasteiger partial charge in [-0.2, -0.15) is 0 Å². The number of ether oxygens (including phenoxy) is 1. The highest BCUT2D eigenvalue weighted by Crippen LogP contribution is 2.41. The van der Waals surface area contributed by atoms with E-state index < -0.39 is 0 Å². The SMILES string of the molecule is COC(=O)[C@H]1[C@H](C)C(C)(C)NC1(C)C. The lowest BCUT2D eigenvalue weighted by atomic mass is 9.78. The maximum Gasteiger partial charge on any atom is 0.310 e. The fourth-order valence-electron chi connectivity index (χ4n) is 2.69. The molecule has 0 aliphatic carbocycles. The van der Waals surface area contributed by atoms with Gasteiger partial charge >= 0.3 is 5.97 Å². The zero-order chi connectivity index (χ0) is 11.1. The fraction of sp³-hybridized carbons (Fsp3) is 0.909. The summed E-state index contributed by atoms with van der Waals surface area (Å²) in [6.07, 6.45) is 0. The van der Waals surface area contributed by atoms with E-state index in [1.54, 1.807) is 0 Å². The lowest BCUT2D eigenvalue weighted by molar-refractivity contribution is -0.148. The molecule has 0 amide bonds. The largest absolute Gasteiger partial charge is 0.469 e. The number of rotatable bonds is 1. The summed E-state index contributed by atoms with van der Waals surface area (Å²) in [5.74, 6) is 0.105. The molecule has 0 aromatic carbocycles. The first kappa shape index (κ1) is 11.5. The van der Waals surface area contributed by atoms with Gasteiger partial charge in [0.25, 0.3) is 0 Å². The second-order valence-corrected chi connectivity index (χ2v) is 5.36. The zero-order valence-electron chi connectivity index (χ0n) is 9.97. The van der Waals surface area contributed by atoms with Gasteiger partial charge in [-0.1, -0.05) is 6.92 Å². The number of carbonyl (C=O) groups is 1. The maximum atomic E-state index is 11.7. The zero-order valence-corrected chi connectivity index (χ0v) is 9.97. The number of esters is 1. The summed E-state index contributed by atoms with van der Waals surface area (Å²) < 4.78 is 4.85. The molecule has 1 N–H and O–H groups in total. The molecule has 1 fully saturated rings. The van der Waals surface area contributed by atoms with Crippen molar-refractivity contribution in [2.45, 2.75) is 45.7 Å². The molecule has 3 heteroatoms. The highest BCUT2D eigenvalue weighted by atomic mass is 16.5. The molecule has 14 heavy (non-hydrogen) atoms. The van der Waals surface area contributed by atoms with E-state index in [-0.39, 0.29) is 28.9 Å². The van der Waals surface area contributed by atoms with Crippen molar-refractivity contribution in [1.29, 1.82) is 0 Å². The molecular weight excluding hydrogens is 178 g/mol. The van der Waals surface area contributed by atoms with Crippen LogP contribution in [0.4, 0.5) is 0 Å². The van der Waals surface area contributed by atoms with Crippen molar-refractivity contribution in [2.75, 3.05) is 7.11 Å². The predicted molar refractivity (Wildman–Crippen MR) is 56.0 cm³/mol. The van der Waals surface area contributed by atoms with E-state index in [4.69, 9.17) is 4.74 Å². The molecule has 0 aromatic heterocycles. The fourth-order valence-corrected chi connectivity index (χ4v) is 2.69. The standard InChI is InChI=1S/C11H21NO2/c1-7-8(9(13)14-6)11(4,5)12-10(7,2)3/h7-8,12H,1-6H3/t7-,8+/m0/s1. The predicted octanol–water partition coefficient (Wildman–Crippen LogP) is 1.57. The first-order valence-corrected chi connectivity index (χ1v) is 5.09. The van der Waals surface area contributed by atoms with Crippen LogP contribution in [0.5, 0.6) is 0 Å². The molecule has 0 unspecified atom stereocenters. The van der Waals surface area contributed by atoms with Crippen LogP contribution >= 0.6 is 0 Å². The molecule has 1 aliphatic rings. The Kier molecular flexibility index (Phi) is 2.65. The van der Waals surface area contributed by atoms with Crippen LogP contribution in [-0.4, -0.2) is 24.2 Å². The van der Waals surface area contributed by atoms with Crippen molar-refractivity contribution in [1.82, 2.24) is 5.32 Å². The Morgan fingerprint density at radius 3 is 2.00 bits per heavy atom. The number of hydrogen-bond acceptors (Lipinski definition) is 3. The maximum absolute atomic E-state index is 11.7.